The van der Waals surface area contributed by atoms with E-state index in [-0.39, 0.29) is 12.5 Å². The van der Waals surface area contributed by atoms with Gasteiger partial charge in [-0.25, -0.2) is 0 Å². The Morgan fingerprint density at radius 1 is 1.44 bits per heavy atom. The van der Waals surface area contributed by atoms with Crippen LogP contribution in [0.5, 0.6) is 0 Å². The summed E-state index contributed by atoms with van der Waals surface area (Å²) in [5.74, 6) is -0.0768. The highest BCUT2D eigenvalue weighted by atomic mass is 16.5. The molecule has 0 bridgehead atoms. The fourth-order valence-corrected chi connectivity index (χ4v) is 2.43. The summed E-state index contributed by atoms with van der Waals surface area (Å²) in [4.78, 5) is 11.5. The predicted molar refractivity (Wildman–Crippen MR) is 68.2 cm³/mol. The lowest BCUT2D eigenvalue weighted by Crippen LogP contribution is -2.27. The number of rotatable bonds is 5. The van der Waals surface area contributed by atoms with Gasteiger partial charge in [-0.3, -0.25) is 9.48 Å². The van der Waals surface area contributed by atoms with E-state index < -0.39 is 0 Å². The zero-order valence-electron chi connectivity index (χ0n) is 11.2. The van der Waals surface area contributed by atoms with Crippen molar-refractivity contribution in [3.8, 4) is 0 Å². The first-order chi connectivity index (χ1) is 8.72. The Morgan fingerprint density at radius 2 is 2.22 bits per heavy atom. The highest BCUT2D eigenvalue weighted by Gasteiger charge is 2.19. The van der Waals surface area contributed by atoms with Crippen molar-refractivity contribution < 1.29 is 9.53 Å². The molecule has 2 rings (SSSR count). The quantitative estimate of drug-likeness (QED) is 0.847. The topological polar surface area (TPSA) is 56.1 Å². The van der Waals surface area contributed by atoms with Gasteiger partial charge in [0, 0.05) is 19.3 Å². The van der Waals surface area contributed by atoms with Crippen molar-refractivity contribution in [1.29, 1.82) is 0 Å². The number of hydrogen-bond donors (Lipinski definition) is 1. The number of ether oxygens (including phenoxy) is 1. The van der Waals surface area contributed by atoms with Gasteiger partial charge >= 0.3 is 0 Å². The fraction of sp³-hybridized carbons (Fsp3) is 0.692. The molecule has 0 aromatic carbocycles. The molecule has 0 saturated heterocycles. The molecule has 0 unspecified atom stereocenters. The van der Waals surface area contributed by atoms with Gasteiger partial charge in [0.1, 0.15) is 6.61 Å². The molecular formula is C13H21N3O2. The lowest BCUT2D eigenvalue weighted by atomic mass is 9.96. The summed E-state index contributed by atoms with van der Waals surface area (Å²) < 4.78 is 7.02. The highest BCUT2D eigenvalue weighted by molar-refractivity contribution is 5.77. The summed E-state index contributed by atoms with van der Waals surface area (Å²) >= 11 is 0. The minimum atomic E-state index is -0.0768. The van der Waals surface area contributed by atoms with Gasteiger partial charge < -0.3 is 10.1 Å². The van der Waals surface area contributed by atoms with Crippen molar-refractivity contribution >= 4 is 5.91 Å². The predicted octanol–water partition coefficient (Wildman–Crippen LogP) is 0.952. The van der Waals surface area contributed by atoms with Crippen molar-refractivity contribution in [2.24, 2.45) is 7.05 Å². The van der Waals surface area contributed by atoms with Gasteiger partial charge in [-0.15, -0.1) is 0 Å². The van der Waals surface area contributed by atoms with Gasteiger partial charge in [0.05, 0.1) is 12.2 Å². The van der Waals surface area contributed by atoms with E-state index in [2.05, 4.69) is 10.4 Å². The molecule has 0 radical (unpaired) electrons. The molecular weight excluding hydrogens is 230 g/mol. The Hall–Kier alpha value is -1.36. The summed E-state index contributed by atoms with van der Waals surface area (Å²) in [6.07, 6.45) is 4.65. The number of amides is 1. The summed E-state index contributed by atoms with van der Waals surface area (Å²) in [5, 5.41) is 7.36. The molecule has 1 aliphatic rings. The molecule has 18 heavy (non-hydrogen) atoms. The fourth-order valence-electron chi connectivity index (χ4n) is 2.43. The van der Waals surface area contributed by atoms with Crippen molar-refractivity contribution in [1.82, 2.24) is 15.1 Å². The van der Waals surface area contributed by atoms with Crippen LogP contribution in [0.2, 0.25) is 0 Å². The molecule has 100 valence electrons. The van der Waals surface area contributed by atoms with E-state index in [4.69, 9.17) is 4.74 Å². The third-order valence-electron chi connectivity index (χ3n) is 3.34. The van der Waals surface area contributed by atoms with Crippen molar-refractivity contribution in [3.05, 3.63) is 17.0 Å². The normalized spacial score (nSPS) is 14.3. The molecule has 1 N–H and O–H groups in total. The van der Waals surface area contributed by atoms with Crippen LogP contribution in [0.3, 0.4) is 0 Å². The van der Waals surface area contributed by atoms with Gasteiger partial charge in [-0.1, -0.05) is 0 Å². The third kappa shape index (κ3) is 2.90. The number of carbonyl (C=O) groups is 1. The smallest absolute Gasteiger partial charge is 0.246 e. The Bertz CT molecular complexity index is 426. The zero-order valence-corrected chi connectivity index (χ0v) is 11.2. The minimum Gasteiger partial charge on any atom is -0.372 e. The summed E-state index contributed by atoms with van der Waals surface area (Å²) in [7, 11) is 1.98. The maximum absolute atomic E-state index is 11.5. The van der Waals surface area contributed by atoms with Crippen LogP contribution >= 0.6 is 0 Å². The average molecular weight is 251 g/mol. The highest BCUT2D eigenvalue weighted by Crippen LogP contribution is 2.23. The molecule has 5 heteroatoms. The van der Waals surface area contributed by atoms with E-state index in [1.54, 1.807) is 0 Å². The first-order valence-corrected chi connectivity index (χ1v) is 6.60. The summed E-state index contributed by atoms with van der Waals surface area (Å²) in [6.45, 7) is 3.08. The van der Waals surface area contributed by atoms with Crippen LogP contribution in [0.4, 0.5) is 0 Å². The molecule has 1 amide bonds. The number of nitrogens with one attached hydrogen (secondary N) is 1. The van der Waals surface area contributed by atoms with Crippen LogP contribution in [0, 0.1) is 0 Å². The van der Waals surface area contributed by atoms with E-state index in [0.717, 1.165) is 18.5 Å². The van der Waals surface area contributed by atoms with Gasteiger partial charge in [0.15, 0.2) is 0 Å². The number of fused-ring (bicyclic) bond motifs is 1. The van der Waals surface area contributed by atoms with Gasteiger partial charge in [0.25, 0.3) is 0 Å². The Kier molecular flexibility index (Phi) is 4.36. The zero-order chi connectivity index (χ0) is 13.0. The first-order valence-electron chi connectivity index (χ1n) is 6.60. The summed E-state index contributed by atoms with van der Waals surface area (Å²) in [6, 6.07) is 0. The van der Waals surface area contributed by atoms with E-state index in [9.17, 15) is 4.79 Å². The van der Waals surface area contributed by atoms with Crippen molar-refractivity contribution in [2.75, 3.05) is 13.2 Å². The van der Waals surface area contributed by atoms with Crippen LogP contribution in [0.1, 0.15) is 36.7 Å². The van der Waals surface area contributed by atoms with Crippen LogP contribution in [-0.4, -0.2) is 28.9 Å². The van der Waals surface area contributed by atoms with E-state index in [1.165, 1.54) is 24.1 Å². The number of hydrogen-bond acceptors (Lipinski definition) is 3. The molecule has 1 heterocycles. The number of aryl methyl sites for hydroxylation is 1. The van der Waals surface area contributed by atoms with Gasteiger partial charge in [-0.05, 0) is 38.2 Å². The van der Waals surface area contributed by atoms with Crippen molar-refractivity contribution in [3.63, 3.8) is 0 Å². The Morgan fingerprint density at radius 3 is 3.00 bits per heavy atom. The van der Waals surface area contributed by atoms with Crippen LogP contribution in [0.25, 0.3) is 0 Å². The van der Waals surface area contributed by atoms with Crippen LogP contribution in [0.15, 0.2) is 0 Å². The number of aromatic nitrogens is 2. The lowest BCUT2D eigenvalue weighted by molar-refractivity contribution is -0.125. The lowest BCUT2D eigenvalue weighted by Gasteiger charge is -2.12. The summed E-state index contributed by atoms with van der Waals surface area (Å²) in [5.41, 5.74) is 3.67. The first kappa shape index (κ1) is 13.1. The molecule has 0 saturated carbocycles. The molecule has 0 aliphatic heterocycles. The SMILES string of the molecule is CCOCC(=O)NCc1nn(C)c2c1CCCC2. The molecule has 0 fully saturated rings. The van der Waals surface area contributed by atoms with Crippen LogP contribution in [-0.2, 0) is 36.0 Å². The standard InChI is InChI=1S/C13H21N3O2/c1-3-18-9-13(17)14-8-11-10-6-4-5-7-12(10)16(2)15-11/h3-9H2,1-2H3,(H,14,17). The van der Waals surface area contributed by atoms with E-state index >= 15 is 0 Å². The monoisotopic (exact) mass is 251 g/mol. The maximum Gasteiger partial charge on any atom is 0.246 e. The minimum absolute atomic E-state index is 0.0768. The second kappa shape index (κ2) is 6.00. The molecule has 0 atom stereocenters. The molecule has 1 aromatic rings. The largest absolute Gasteiger partial charge is 0.372 e. The number of nitrogens with zero attached hydrogens (tertiary/aromatic N) is 2. The Balaban J connectivity index is 1.95. The second-order valence-electron chi connectivity index (χ2n) is 4.62. The third-order valence-corrected chi connectivity index (χ3v) is 3.34. The molecule has 5 nitrogen and oxygen atoms in total. The maximum atomic E-state index is 11.5. The van der Waals surface area contributed by atoms with E-state index in [0.29, 0.717) is 13.2 Å². The molecule has 1 aromatic heterocycles. The second-order valence-corrected chi connectivity index (χ2v) is 4.62. The van der Waals surface area contributed by atoms with Gasteiger partial charge in [0.2, 0.25) is 5.91 Å². The Labute approximate surface area is 108 Å². The molecule has 1 aliphatic carbocycles. The van der Waals surface area contributed by atoms with Crippen LogP contribution < -0.4 is 5.32 Å². The van der Waals surface area contributed by atoms with Crippen molar-refractivity contribution in [2.45, 2.75) is 39.2 Å². The van der Waals surface area contributed by atoms with E-state index in [1.807, 2.05) is 18.7 Å². The van der Waals surface area contributed by atoms with Gasteiger partial charge in [-0.2, -0.15) is 5.10 Å². The molecule has 0 spiro atoms. The average Bonchev–Trinajstić information content (AvgIpc) is 2.71. The number of carbonyl (C=O) groups excluding carboxylic acids is 1.